The maximum absolute atomic E-state index is 11.8. The quantitative estimate of drug-likeness (QED) is 0.846. The molecule has 0 saturated carbocycles. The van der Waals surface area contributed by atoms with Crippen LogP contribution in [0.15, 0.2) is 30.3 Å². The third-order valence-corrected chi connectivity index (χ3v) is 3.77. The highest BCUT2D eigenvalue weighted by atomic mass is 16.5. The van der Waals surface area contributed by atoms with Crippen molar-refractivity contribution in [2.45, 2.75) is 13.0 Å². The number of hydrogen-bond donors (Lipinski definition) is 1. The molecule has 0 bridgehead atoms. The van der Waals surface area contributed by atoms with Crippen LogP contribution in [0.25, 0.3) is 0 Å². The second kappa shape index (κ2) is 8.12. The number of nitrogens with zero attached hydrogens (tertiary/aromatic N) is 2. The Morgan fingerprint density at radius 2 is 1.90 bits per heavy atom. The summed E-state index contributed by atoms with van der Waals surface area (Å²) in [6.07, 6.45) is -0.475. The first-order valence-electron chi connectivity index (χ1n) is 7.51. The van der Waals surface area contributed by atoms with Gasteiger partial charge in [0.05, 0.1) is 6.10 Å². The van der Waals surface area contributed by atoms with Crippen molar-refractivity contribution in [2.24, 2.45) is 0 Å². The Morgan fingerprint density at radius 3 is 2.52 bits per heavy atom. The van der Waals surface area contributed by atoms with E-state index in [9.17, 15) is 9.90 Å². The molecule has 1 fully saturated rings. The summed E-state index contributed by atoms with van der Waals surface area (Å²) in [4.78, 5) is 15.9. The van der Waals surface area contributed by atoms with Gasteiger partial charge in [0.15, 0.2) is 0 Å². The van der Waals surface area contributed by atoms with Gasteiger partial charge in [-0.15, -0.1) is 0 Å². The molecule has 5 nitrogen and oxygen atoms in total. The molecule has 0 aromatic heterocycles. The molecule has 116 valence electrons. The van der Waals surface area contributed by atoms with Crippen molar-refractivity contribution in [3.63, 3.8) is 0 Å². The van der Waals surface area contributed by atoms with Gasteiger partial charge in [-0.2, -0.15) is 0 Å². The number of piperazine rings is 1. The smallest absolute Gasteiger partial charge is 0.248 e. The highest BCUT2D eigenvalue weighted by Crippen LogP contribution is 2.14. The molecule has 0 spiro atoms. The first-order valence-corrected chi connectivity index (χ1v) is 7.51. The van der Waals surface area contributed by atoms with Gasteiger partial charge < -0.3 is 14.7 Å². The van der Waals surface area contributed by atoms with Crippen molar-refractivity contribution >= 4 is 5.91 Å². The van der Waals surface area contributed by atoms with Gasteiger partial charge in [0, 0.05) is 39.3 Å². The fourth-order valence-corrected chi connectivity index (χ4v) is 2.49. The molecule has 1 heterocycles. The molecule has 1 amide bonds. The topological polar surface area (TPSA) is 53.0 Å². The number of hydrogen-bond acceptors (Lipinski definition) is 4. The van der Waals surface area contributed by atoms with Gasteiger partial charge in [-0.05, 0) is 12.5 Å². The third-order valence-electron chi connectivity index (χ3n) is 3.77. The van der Waals surface area contributed by atoms with Crippen LogP contribution in [-0.4, -0.2) is 66.8 Å². The van der Waals surface area contributed by atoms with Crippen LogP contribution in [0.5, 0.6) is 0 Å². The van der Waals surface area contributed by atoms with E-state index in [0.717, 1.165) is 18.7 Å². The molecule has 21 heavy (non-hydrogen) atoms. The van der Waals surface area contributed by atoms with E-state index in [1.807, 2.05) is 42.2 Å². The molecule has 1 N–H and O–H groups in total. The summed E-state index contributed by atoms with van der Waals surface area (Å²) >= 11 is 0. The summed E-state index contributed by atoms with van der Waals surface area (Å²) in [5.74, 6) is 0.0557. The van der Waals surface area contributed by atoms with Crippen LogP contribution >= 0.6 is 0 Å². The lowest BCUT2D eigenvalue weighted by Crippen LogP contribution is -2.50. The minimum absolute atomic E-state index is 0.0557. The van der Waals surface area contributed by atoms with Crippen LogP contribution in [0, 0.1) is 0 Å². The second-order valence-corrected chi connectivity index (χ2v) is 5.25. The molecule has 5 heteroatoms. The first-order chi connectivity index (χ1) is 10.2. The van der Waals surface area contributed by atoms with Gasteiger partial charge in [-0.1, -0.05) is 30.3 Å². The largest absolute Gasteiger partial charge is 0.387 e. The standard InChI is InChI=1S/C16H24N2O3/c1-2-21-13-16(20)18-10-8-17(9-11-18)12-15(19)14-6-4-3-5-7-14/h3-7,15,19H,2,8-13H2,1H3/t15-/m0/s1. The summed E-state index contributed by atoms with van der Waals surface area (Å²) < 4.78 is 5.15. The summed E-state index contributed by atoms with van der Waals surface area (Å²) in [6.45, 7) is 6.22. The highest BCUT2D eigenvalue weighted by Gasteiger charge is 2.22. The molecular formula is C16H24N2O3. The van der Waals surface area contributed by atoms with Crippen molar-refractivity contribution < 1.29 is 14.6 Å². The molecule has 2 rings (SSSR count). The Labute approximate surface area is 126 Å². The number of aliphatic hydroxyl groups is 1. The first kappa shape index (κ1) is 15.9. The van der Waals surface area contributed by atoms with Crippen LogP contribution in [-0.2, 0) is 9.53 Å². The van der Waals surface area contributed by atoms with Crippen LogP contribution in [0.4, 0.5) is 0 Å². The SMILES string of the molecule is CCOCC(=O)N1CCN(C[C@H](O)c2ccccc2)CC1. The molecule has 1 aliphatic heterocycles. The van der Waals surface area contributed by atoms with E-state index >= 15 is 0 Å². The van der Waals surface area contributed by atoms with Crippen molar-refractivity contribution in [1.82, 2.24) is 9.80 Å². The molecule has 0 aliphatic carbocycles. The molecule has 1 aliphatic rings. The highest BCUT2D eigenvalue weighted by molar-refractivity contribution is 5.77. The molecule has 0 radical (unpaired) electrons. The van der Waals surface area contributed by atoms with Crippen molar-refractivity contribution in [1.29, 1.82) is 0 Å². The summed E-state index contributed by atoms with van der Waals surface area (Å²) in [7, 11) is 0. The van der Waals surface area contributed by atoms with Crippen LogP contribution in [0.3, 0.4) is 0 Å². The number of rotatable bonds is 6. The maximum Gasteiger partial charge on any atom is 0.248 e. The van der Waals surface area contributed by atoms with Gasteiger partial charge in [0.2, 0.25) is 5.91 Å². The van der Waals surface area contributed by atoms with E-state index in [0.29, 0.717) is 26.2 Å². The van der Waals surface area contributed by atoms with E-state index in [-0.39, 0.29) is 12.5 Å². The molecule has 0 unspecified atom stereocenters. The zero-order valence-corrected chi connectivity index (χ0v) is 12.6. The van der Waals surface area contributed by atoms with E-state index in [4.69, 9.17) is 4.74 Å². The normalized spacial score (nSPS) is 17.7. The fourth-order valence-electron chi connectivity index (χ4n) is 2.49. The van der Waals surface area contributed by atoms with Gasteiger partial charge in [-0.25, -0.2) is 0 Å². The number of amides is 1. The van der Waals surface area contributed by atoms with Crippen molar-refractivity contribution in [2.75, 3.05) is 45.9 Å². The maximum atomic E-state index is 11.8. The predicted octanol–water partition coefficient (Wildman–Crippen LogP) is 0.901. The Balaban J connectivity index is 1.75. The van der Waals surface area contributed by atoms with E-state index < -0.39 is 6.10 Å². The monoisotopic (exact) mass is 292 g/mol. The predicted molar refractivity (Wildman–Crippen MR) is 80.9 cm³/mol. The average molecular weight is 292 g/mol. The van der Waals surface area contributed by atoms with Crippen molar-refractivity contribution in [3.05, 3.63) is 35.9 Å². The summed E-state index contributed by atoms with van der Waals surface area (Å²) in [5.41, 5.74) is 0.937. The molecule has 1 aromatic carbocycles. The Morgan fingerprint density at radius 1 is 1.24 bits per heavy atom. The van der Waals surface area contributed by atoms with Gasteiger partial charge in [0.25, 0.3) is 0 Å². The molecular weight excluding hydrogens is 268 g/mol. The van der Waals surface area contributed by atoms with Crippen LogP contribution < -0.4 is 0 Å². The summed E-state index contributed by atoms with van der Waals surface area (Å²) in [6, 6.07) is 9.68. The third kappa shape index (κ3) is 4.81. The number of β-amino-alcohol motifs (C(OH)–C–C–N with tert-alkyl or cyclic N) is 1. The fraction of sp³-hybridized carbons (Fsp3) is 0.562. The second-order valence-electron chi connectivity index (χ2n) is 5.25. The number of carbonyl (C=O) groups excluding carboxylic acids is 1. The van der Waals surface area contributed by atoms with E-state index in [1.165, 1.54) is 0 Å². The molecule has 1 saturated heterocycles. The van der Waals surface area contributed by atoms with Crippen LogP contribution in [0.1, 0.15) is 18.6 Å². The minimum Gasteiger partial charge on any atom is -0.387 e. The zero-order valence-electron chi connectivity index (χ0n) is 12.6. The van der Waals surface area contributed by atoms with Crippen molar-refractivity contribution in [3.8, 4) is 0 Å². The number of benzene rings is 1. The van der Waals surface area contributed by atoms with E-state index in [2.05, 4.69) is 4.90 Å². The molecule has 1 atom stereocenters. The zero-order chi connectivity index (χ0) is 15.1. The number of ether oxygens (including phenoxy) is 1. The Hall–Kier alpha value is -1.43. The van der Waals surface area contributed by atoms with Gasteiger partial charge >= 0.3 is 0 Å². The lowest BCUT2D eigenvalue weighted by molar-refractivity contribution is -0.137. The summed E-state index contributed by atoms with van der Waals surface area (Å²) in [5, 5.41) is 10.2. The Kier molecular flexibility index (Phi) is 6.17. The average Bonchev–Trinajstić information content (AvgIpc) is 2.54. The number of carbonyl (C=O) groups is 1. The van der Waals surface area contributed by atoms with E-state index in [1.54, 1.807) is 0 Å². The lowest BCUT2D eigenvalue weighted by Gasteiger charge is -2.35. The lowest BCUT2D eigenvalue weighted by atomic mass is 10.1. The number of aliphatic hydroxyl groups excluding tert-OH is 1. The van der Waals surface area contributed by atoms with Crippen LogP contribution in [0.2, 0.25) is 0 Å². The minimum atomic E-state index is -0.475. The molecule has 1 aromatic rings. The van der Waals surface area contributed by atoms with Gasteiger partial charge in [-0.3, -0.25) is 9.69 Å². The Bertz CT molecular complexity index is 430. The van der Waals surface area contributed by atoms with Gasteiger partial charge in [0.1, 0.15) is 6.61 Å².